The molecule has 106 valence electrons. The molecule has 0 saturated heterocycles. The van der Waals surface area contributed by atoms with Gasteiger partial charge >= 0.3 is 5.97 Å². The van der Waals surface area contributed by atoms with Crippen LogP contribution in [-0.4, -0.2) is 41.5 Å². The number of benzene rings is 1. The van der Waals surface area contributed by atoms with Crippen molar-refractivity contribution in [1.82, 2.24) is 5.32 Å². The fourth-order valence-electron chi connectivity index (χ4n) is 1.64. The molecule has 0 radical (unpaired) electrons. The van der Waals surface area contributed by atoms with Gasteiger partial charge in [0.2, 0.25) is 0 Å². The van der Waals surface area contributed by atoms with Crippen molar-refractivity contribution in [2.24, 2.45) is 5.92 Å². The zero-order valence-electron chi connectivity index (χ0n) is 11.2. The highest BCUT2D eigenvalue weighted by Gasteiger charge is 2.21. The molecule has 1 aromatic carbocycles. The maximum absolute atomic E-state index is 11.0. The quantitative estimate of drug-likeness (QED) is 0.658. The van der Waals surface area contributed by atoms with E-state index in [-0.39, 0.29) is 19.1 Å². The van der Waals surface area contributed by atoms with Crippen LogP contribution in [0, 0.1) is 5.92 Å². The number of nitrogens with one attached hydrogen (secondary N) is 1. The molecule has 5 heteroatoms. The van der Waals surface area contributed by atoms with E-state index in [2.05, 4.69) is 5.32 Å². The summed E-state index contributed by atoms with van der Waals surface area (Å²) in [6, 6.07) is 8.51. The zero-order chi connectivity index (χ0) is 14.3. The van der Waals surface area contributed by atoms with Gasteiger partial charge in [0.25, 0.3) is 0 Å². The van der Waals surface area contributed by atoms with Crippen LogP contribution in [0.5, 0.6) is 5.75 Å². The van der Waals surface area contributed by atoms with Gasteiger partial charge in [-0.3, -0.25) is 4.79 Å². The molecule has 0 fully saturated rings. The minimum absolute atomic E-state index is 0.0419. The number of carboxylic acid groups (broad SMARTS) is 1. The van der Waals surface area contributed by atoms with Gasteiger partial charge in [0.15, 0.2) is 0 Å². The normalized spacial score (nSPS) is 14.1. The number of ether oxygens (including phenoxy) is 1. The van der Waals surface area contributed by atoms with Crippen LogP contribution in [0.25, 0.3) is 0 Å². The van der Waals surface area contributed by atoms with Crippen LogP contribution in [0.4, 0.5) is 0 Å². The van der Waals surface area contributed by atoms with Crippen molar-refractivity contribution in [2.75, 3.05) is 13.2 Å². The number of hydrogen-bond donors (Lipinski definition) is 3. The molecule has 0 amide bonds. The Balaban J connectivity index is 2.31. The Morgan fingerprint density at radius 1 is 1.32 bits per heavy atom. The predicted octanol–water partition coefficient (Wildman–Crippen LogP) is 1.13. The molecular formula is C14H21NO4. The van der Waals surface area contributed by atoms with E-state index in [1.807, 2.05) is 32.0 Å². The van der Waals surface area contributed by atoms with Crippen molar-refractivity contribution >= 4 is 5.97 Å². The first-order valence-corrected chi connectivity index (χ1v) is 6.32. The van der Waals surface area contributed by atoms with Gasteiger partial charge < -0.3 is 20.3 Å². The lowest BCUT2D eigenvalue weighted by atomic mass is 10.0. The van der Waals surface area contributed by atoms with Crippen LogP contribution in [-0.2, 0) is 4.79 Å². The molecule has 2 atom stereocenters. The molecule has 5 nitrogen and oxygen atoms in total. The van der Waals surface area contributed by atoms with Crippen molar-refractivity contribution < 1.29 is 19.7 Å². The largest absolute Gasteiger partial charge is 0.491 e. The maximum atomic E-state index is 11.0. The second-order valence-electron chi connectivity index (χ2n) is 4.75. The van der Waals surface area contributed by atoms with E-state index < -0.39 is 18.1 Å². The third-order valence-corrected chi connectivity index (χ3v) is 2.69. The van der Waals surface area contributed by atoms with Gasteiger partial charge in [-0.05, 0) is 18.1 Å². The Labute approximate surface area is 113 Å². The summed E-state index contributed by atoms with van der Waals surface area (Å²) in [5.74, 6) is -0.272. The minimum Gasteiger partial charge on any atom is -0.491 e. The summed E-state index contributed by atoms with van der Waals surface area (Å²) >= 11 is 0. The van der Waals surface area contributed by atoms with Gasteiger partial charge in [-0.1, -0.05) is 32.0 Å². The molecule has 0 aliphatic rings. The van der Waals surface area contributed by atoms with Gasteiger partial charge in [0, 0.05) is 6.54 Å². The monoisotopic (exact) mass is 267 g/mol. The molecule has 0 aliphatic heterocycles. The van der Waals surface area contributed by atoms with Gasteiger partial charge in [0.1, 0.15) is 24.5 Å². The fourth-order valence-corrected chi connectivity index (χ4v) is 1.64. The molecule has 0 heterocycles. The zero-order valence-corrected chi connectivity index (χ0v) is 11.2. The number of para-hydroxylation sites is 1. The summed E-state index contributed by atoms with van der Waals surface area (Å²) in [7, 11) is 0. The van der Waals surface area contributed by atoms with Crippen molar-refractivity contribution in [3.8, 4) is 5.75 Å². The topological polar surface area (TPSA) is 78.8 Å². The lowest BCUT2D eigenvalue weighted by Crippen LogP contribution is -2.45. The van der Waals surface area contributed by atoms with Crippen LogP contribution in [0.1, 0.15) is 13.8 Å². The summed E-state index contributed by atoms with van der Waals surface area (Å²) in [5, 5.41) is 21.6. The average Bonchev–Trinajstić information content (AvgIpc) is 2.37. The van der Waals surface area contributed by atoms with Crippen molar-refractivity contribution in [3.05, 3.63) is 30.3 Å². The summed E-state index contributed by atoms with van der Waals surface area (Å²) in [4.78, 5) is 11.0. The predicted molar refractivity (Wildman–Crippen MR) is 72.2 cm³/mol. The highest BCUT2D eigenvalue weighted by Crippen LogP contribution is 2.08. The molecule has 0 aromatic heterocycles. The number of aliphatic carboxylic acids is 1. The smallest absolute Gasteiger partial charge is 0.320 e. The Kier molecular flexibility index (Phi) is 6.32. The van der Waals surface area contributed by atoms with Crippen molar-refractivity contribution in [1.29, 1.82) is 0 Å². The van der Waals surface area contributed by atoms with Crippen LogP contribution in [0.3, 0.4) is 0 Å². The molecule has 19 heavy (non-hydrogen) atoms. The van der Waals surface area contributed by atoms with Gasteiger partial charge in [-0.25, -0.2) is 0 Å². The third kappa shape index (κ3) is 5.72. The maximum Gasteiger partial charge on any atom is 0.320 e. The Bertz CT molecular complexity index is 380. The van der Waals surface area contributed by atoms with Gasteiger partial charge in [-0.2, -0.15) is 0 Å². The van der Waals surface area contributed by atoms with Crippen LogP contribution in [0.15, 0.2) is 30.3 Å². The van der Waals surface area contributed by atoms with E-state index in [4.69, 9.17) is 9.84 Å². The first kappa shape index (κ1) is 15.5. The highest BCUT2D eigenvalue weighted by atomic mass is 16.5. The molecule has 3 N–H and O–H groups in total. The van der Waals surface area contributed by atoms with E-state index in [1.165, 1.54) is 0 Å². The Morgan fingerprint density at radius 3 is 2.47 bits per heavy atom. The standard InChI is InChI=1S/C14H21NO4/c1-10(2)13(14(17)18)15-8-11(16)9-19-12-6-4-3-5-7-12/h3-7,10-11,13,15-16H,8-9H2,1-2H3,(H,17,18)/t11-,13+/m1/s1. The van der Waals surface area contributed by atoms with E-state index in [0.29, 0.717) is 5.75 Å². The van der Waals surface area contributed by atoms with Gasteiger partial charge in [0.05, 0.1) is 0 Å². The van der Waals surface area contributed by atoms with E-state index in [1.54, 1.807) is 12.1 Å². The first-order chi connectivity index (χ1) is 9.00. The lowest BCUT2D eigenvalue weighted by Gasteiger charge is -2.20. The van der Waals surface area contributed by atoms with Crippen LogP contribution >= 0.6 is 0 Å². The average molecular weight is 267 g/mol. The van der Waals surface area contributed by atoms with Crippen LogP contribution < -0.4 is 10.1 Å². The molecular weight excluding hydrogens is 246 g/mol. The SMILES string of the molecule is CC(C)[C@H](NC[C@@H](O)COc1ccccc1)C(=O)O. The third-order valence-electron chi connectivity index (χ3n) is 2.69. The number of aliphatic hydroxyl groups excluding tert-OH is 1. The molecule has 0 bridgehead atoms. The van der Waals surface area contributed by atoms with Crippen LogP contribution in [0.2, 0.25) is 0 Å². The summed E-state index contributed by atoms with van der Waals surface area (Å²) < 4.78 is 5.38. The number of carbonyl (C=O) groups is 1. The lowest BCUT2D eigenvalue weighted by molar-refractivity contribution is -0.140. The molecule has 0 spiro atoms. The second kappa shape index (κ2) is 7.76. The fraction of sp³-hybridized carbons (Fsp3) is 0.500. The number of carboxylic acids is 1. The summed E-state index contributed by atoms with van der Waals surface area (Å²) in [5.41, 5.74) is 0. The van der Waals surface area contributed by atoms with E-state index in [9.17, 15) is 9.90 Å². The molecule has 0 aliphatic carbocycles. The minimum atomic E-state index is -0.911. The molecule has 0 unspecified atom stereocenters. The molecule has 1 rings (SSSR count). The number of rotatable bonds is 8. The second-order valence-corrected chi connectivity index (χ2v) is 4.75. The van der Waals surface area contributed by atoms with Gasteiger partial charge in [-0.15, -0.1) is 0 Å². The summed E-state index contributed by atoms with van der Waals surface area (Å²) in [6.07, 6.45) is -0.749. The van der Waals surface area contributed by atoms with Crippen molar-refractivity contribution in [2.45, 2.75) is 26.0 Å². The first-order valence-electron chi connectivity index (χ1n) is 6.32. The Morgan fingerprint density at radius 2 is 1.95 bits per heavy atom. The number of hydrogen-bond acceptors (Lipinski definition) is 4. The number of aliphatic hydroxyl groups is 1. The van der Waals surface area contributed by atoms with Crippen molar-refractivity contribution in [3.63, 3.8) is 0 Å². The molecule has 1 aromatic rings. The van der Waals surface area contributed by atoms with E-state index >= 15 is 0 Å². The Hall–Kier alpha value is -1.59. The molecule has 0 saturated carbocycles. The highest BCUT2D eigenvalue weighted by molar-refractivity contribution is 5.73. The summed E-state index contributed by atoms with van der Waals surface area (Å²) in [6.45, 7) is 3.95. The van der Waals surface area contributed by atoms with E-state index in [0.717, 1.165) is 0 Å².